The SMILES string of the molecule is O=C(NC1CCN(CC2CCCCC2)CC1)c1cc(-c2c(O)cc(O)cc2Oc2ccc([N+](=O)[O-])cc2)on1. The Bertz CT molecular complexity index is 1310. The van der Waals surface area contributed by atoms with Gasteiger partial charge in [-0.3, -0.25) is 14.9 Å². The monoisotopic (exact) mass is 536 g/mol. The Labute approximate surface area is 225 Å². The van der Waals surface area contributed by atoms with Crippen LogP contribution in [0.5, 0.6) is 23.0 Å². The van der Waals surface area contributed by atoms with Gasteiger partial charge < -0.3 is 29.7 Å². The van der Waals surface area contributed by atoms with Crippen molar-refractivity contribution in [1.29, 1.82) is 0 Å². The molecule has 1 aliphatic heterocycles. The van der Waals surface area contributed by atoms with Gasteiger partial charge in [-0.2, -0.15) is 0 Å². The average molecular weight is 537 g/mol. The van der Waals surface area contributed by atoms with E-state index in [1.54, 1.807) is 0 Å². The van der Waals surface area contributed by atoms with Crippen LogP contribution in [0.1, 0.15) is 55.4 Å². The van der Waals surface area contributed by atoms with Gasteiger partial charge in [0.1, 0.15) is 28.6 Å². The number of hydrogen-bond donors (Lipinski definition) is 3. The highest BCUT2D eigenvalue weighted by Crippen LogP contribution is 2.43. The summed E-state index contributed by atoms with van der Waals surface area (Å²) in [4.78, 5) is 25.8. The molecule has 11 nitrogen and oxygen atoms in total. The molecule has 2 aliphatic rings. The molecule has 1 amide bonds. The standard InChI is InChI=1S/C28H32N4O7/c33-21-14-24(34)27(25(15-21)38-22-8-6-20(7-9-22)32(36)37)26-16-23(30-39-26)28(35)29-19-10-12-31(13-11-19)17-18-4-2-1-3-5-18/h6-9,14-16,18-19,33-34H,1-5,10-13,17H2,(H,29,35). The second kappa shape index (κ2) is 11.7. The number of nitro groups is 1. The van der Waals surface area contributed by atoms with Crippen LogP contribution in [0.4, 0.5) is 5.69 Å². The van der Waals surface area contributed by atoms with Gasteiger partial charge in [0.15, 0.2) is 11.5 Å². The Morgan fingerprint density at radius 1 is 1.08 bits per heavy atom. The van der Waals surface area contributed by atoms with Crippen molar-refractivity contribution in [2.24, 2.45) is 5.92 Å². The van der Waals surface area contributed by atoms with Crippen molar-refractivity contribution >= 4 is 11.6 Å². The lowest BCUT2D eigenvalue weighted by molar-refractivity contribution is -0.384. The molecule has 11 heteroatoms. The van der Waals surface area contributed by atoms with E-state index in [-0.39, 0.29) is 57.7 Å². The minimum Gasteiger partial charge on any atom is -0.508 e. The summed E-state index contributed by atoms with van der Waals surface area (Å²) in [7, 11) is 0. The lowest BCUT2D eigenvalue weighted by atomic mass is 9.88. The second-order valence-electron chi connectivity index (χ2n) is 10.3. The third-order valence-corrected chi connectivity index (χ3v) is 7.49. The molecule has 3 N–H and O–H groups in total. The largest absolute Gasteiger partial charge is 0.508 e. The number of carbonyl (C=O) groups is 1. The quantitative estimate of drug-likeness (QED) is 0.260. The van der Waals surface area contributed by atoms with E-state index in [4.69, 9.17) is 9.26 Å². The van der Waals surface area contributed by atoms with Crippen molar-refractivity contribution in [2.45, 2.75) is 51.0 Å². The van der Waals surface area contributed by atoms with Crippen LogP contribution < -0.4 is 10.1 Å². The molecule has 39 heavy (non-hydrogen) atoms. The summed E-state index contributed by atoms with van der Waals surface area (Å²) in [6.45, 7) is 3.06. The number of nitrogens with one attached hydrogen (secondary N) is 1. The topological polar surface area (TPSA) is 151 Å². The van der Waals surface area contributed by atoms with E-state index in [2.05, 4.69) is 15.4 Å². The molecule has 5 rings (SSSR count). The highest BCUT2D eigenvalue weighted by molar-refractivity contribution is 5.93. The summed E-state index contributed by atoms with van der Waals surface area (Å²) in [5.41, 5.74) is 0.0271. The number of rotatable bonds is 8. The Kier molecular flexibility index (Phi) is 7.97. The number of nitrogens with zero attached hydrogens (tertiary/aromatic N) is 3. The number of phenols is 2. The molecule has 1 saturated heterocycles. The zero-order valence-corrected chi connectivity index (χ0v) is 21.5. The highest BCUT2D eigenvalue weighted by Gasteiger charge is 2.26. The number of ether oxygens (including phenoxy) is 1. The van der Waals surface area contributed by atoms with E-state index in [1.165, 1.54) is 68.5 Å². The van der Waals surface area contributed by atoms with E-state index >= 15 is 0 Å². The first-order chi connectivity index (χ1) is 18.9. The molecule has 2 fully saturated rings. The molecule has 2 aromatic carbocycles. The number of hydrogen-bond acceptors (Lipinski definition) is 9. The van der Waals surface area contributed by atoms with Gasteiger partial charge in [0.2, 0.25) is 0 Å². The number of likely N-dealkylation sites (tertiary alicyclic amines) is 1. The van der Waals surface area contributed by atoms with Gasteiger partial charge >= 0.3 is 0 Å². The predicted molar refractivity (Wildman–Crippen MR) is 142 cm³/mol. The maximum atomic E-state index is 12.9. The van der Waals surface area contributed by atoms with Crippen molar-refractivity contribution in [3.05, 3.63) is 58.3 Å². The van der Waals surface area contributed by atoms with Crippen molar-refractivity contribution in [3.8, 4) is 34.3 Å². The number of non-ortho nitro benzene ring substituents is 1. The number of amides is 1. The van der Waals surface area contributed by atoms with Crippen LogP contribution in [0.2, 0.25) is 0 Å². The van der Waals surface area contributed by atoms with Crippen molar-refractivity contribution in [3.63, 3.8) is 0 Å². The van der Waals surface area contributed by atoms with Crippen molar-refractivity contribution < 1.29 is 29.2 Å². The smallest absolute Gasteiger partial charge is 0.273 e. The number of nitro benzene ring substituents is 1. The van der Waals surface area contributed by atoms with Crippen LogP contribution >= 0.6 is 0 Å². The summed E-state index contributed by atoms with van der Waals surface area (Å²) in [6, 6.07) is 9.15. The average Bonchev–Trinajstić information content (AvgIpc) is 3.40. The van der Waals surface area contributed by atoms with Gasteiger partial charge in [0, 0.05) is 56.0 Å². The molecule has 0 unspecified atom stereocenters. The summed E-state index contributed by atoms with van der Waals surface area (Å²) in [5, 5.41) is 38.4. The Balaban J connectivity index is 1.23. The van der Waals surface area contributed by atoms with Gasteiger partial charge in [0.25, 0.3) is 11.6 Å². The van der Waals surface area contributed by atoms with Crippen LogP contribution in [-0.2, 0) is 0 Å². The molecule has 1 aliphatic carbocycles. The Hall–Kier alpha value is -4.12. The molecule has 2 heterocycles. The van der Waals surface area contributed by atoms with Gasteiger partial charge in [-0.15, -0.1) is 0 Å². The fraction of sp³-hybridized carbons (Fsp3) is 0.429. The molecule has 206 valence electrons. The minimum atomic E-state index is -0.530. The third-order valence-electron chi connectivity index (χ3n) is 7.49. The maximum absolute atomic E-state index is 12.9. The fourth-order valence-corrected chi connectivity index (χ4v) is 5.43. The van der Waals surface area contributed by atoms with Crippen LogP contribution in [0.25, 0.3) is 11.3 Å². The lowest BCUT2D eigenvalue weighted by Gasteiger charge is -2.35. The van der Waals surface area contributed by atoms with Gasteiger partial charge in [0.05, 0.1) is 4.92 Å². The van der Waals surface area contributed by atoms with Crippen LogP contribution in [0.3, 0.4) is 0 Å². The van der Waals surface area contributed by atoms with Gasteiger partial charge in [-0.1, -0.05) is 24.4 Å². The van der Waals surface area contributed by atoms with E-state index in [0.29, 0.717) is 0 Å². The van der Waals surface area contributed by atoms with Crippen LogP contribution in [0, 0.1) is 16.0 Å². The number of carbonyl (C=O) groups excluding carboxylic acids is 1. The molecule has 1 aromatic heterocycles. The van der Waals surface area contributed by atoms with E-state index in [0.717, 1.165) is 44.5 Å². The Morgan fingerprint density at radius 3 is 2.49 bits per heavy atom. The first-order valence-electron chi connectivity index (χ1n) is 13.3. The highest BCUT2D eigenvalue weighted by atomic mass is 16.6. The molecule has 3 aromatic rings. The first kappa shape index (κ1) is 26.5. The number of piperidine rings is 1. The minimum absolute atomic E-state index is 0.0230. The van der Waals surface area contributed by atoms with E-state index in [1.807, 2.05) is 0 Å². The van der Waals surface area contributed by atoms with Gasteiger partial charge in [-0.05, 0) is 43.7 Å². The summed E-state index contributed by atoms with van der Waals surface area (Å²) in [5.74, 6) is 0.141. The van der Waals surface area contributed by atoms with E-state index in [9.17, 15) is 25.1 Å². The molecule has 0 radical (unpaired) electrons. The second-order valence-corrected chi connectivity index (χ2v) is 10.3. The van der Waals surface area contributed by atoms with Gasteiger partial charge in [-0.25, -0.2) is 0 Å². The normalized spacial score (nSPS) is 17.1. The zero-order chi connectivity index (χ0) is 27.4. The Morgan fingerprint density at radius 2 is 1.79 bits per heavy atom. The third kappa shape index (κ3) is 6.48. The summed E-state index contributed by atoms with van der Waals surface area (Å²) in [6.07, 6.45) is 8.41. The fourth-order valence-electron chi connectivity index (χ4n) is 5.43. The number of aromatic hydroxyl groups is 2. The molecule has 0 bridgehead atoms. The molecular formula is C28H32N4O7. The van der Waals surface area contributed by atoms with Crippen molar-refractivity contribution in [2.75, 3.05) is 19.6 Å². The molecule has 1 saturated carbocycles. The number of aromatic nitrogens is 1. The van der Waals surface area contributed by atoms with Crippen molar-refractivity contribution in [1.82, 2.24) is 15.4 Å². The van der Waals surface area contributed by atoms with Crippen LogP contribution in [-0.4, -0.2) is 56.8 Å². The van der Waals surface area contributed by atoms with Crippen LogP contribution in [0.15, 0.2) is 47.0 Å². The predicted octanol–water partition coefficient (Wildman–Crippen LogP) is 5.23. The molecule has 0 atom stereocenters. The maximum Gasteiger partial charge on any atom is 0.273 e. The number of phenolic OH excluding ortho intramolecular Hbond substituents is 2. The summed E-state index contributed by atoms with van der Waals surface area (Å²) >= 11 is 0. The molecular weight excluding hydrogens is 504 g/mol. The molecule has 0 spiro atoms. The number of benzene rings is 2. The lowest BCUT2D eigenvalue weighted by Crippen LogP contribution is -2.46. The summed E-state index contributed by atoms with van der Waals surface area (Å²) < 4.78 is 11.2. The zero-order valence-electron chi connectivity index (χ0n) is 21.5. The van der Waals surface area contributed by atoms with E-state index < -0.39 is 4.92 Å². The first-order valence-corrected chi connectivity index (χ1v) is 13.3.